The van der Waals surface area contributed by atoms with Gasteiger partial charge in [-0.1, -0.05) is 6.92 Å². The average molecular weight is 332 g/mol. The topological polar surface area (TPSA) is 70.2 Å². The Morgan fingerprint density at radius 2 is 2.04 bits per heavy atom. The van der Waals surface area contributed by atoms with Gasteiger partial charge in [-0.25, -0.2) is 0 Å². The van der Waals surface area contributed by atoms with Crippen molar-refractivity contribution < 1.29 is 23.8 Å². The van der Waals surface area contributed by atoms with E-state index in [9.17, 15) is 0 Å². The average Bonchev–Trinajstić information content (AvgIpc) is 2.51. The van der Waals surface area contributed by atoms with Crippen molar-refractivity contribution in [1.82, 2.24) is 10.8 Å². The minimum absolute atomic E-state index is 0.0822. The molecule has 23 heavy (non-hydrogen) atoms. The molecule has 2 N–H and O–H groups in total. The molecule has 5 atom stereocenters. The Morgan fingerprint density at radius 3 is 2.74 bits per heavy atom. The minimum atomic E-state index is -0.705. The van der Waals surface area contributed by atoms with Crippen molar-refractivity contribution in [1.29, 1.82) is 0 Å². The second-order valence-corrected chi connectivity index (χ2v) is 6.57. The summed E-state index contributed by atoms with van der Waals surface area (Å²) in [7, 11) is 1.64. The van der Waals surface area contributed by atoms with E-state index in [2.05, 4.69) is 17.7 Å². The molecule has 2 saturated heterocycles. The molecular weight excluding hydrogens is 300 g/mol. The van der Waals surface area contributed by atoms with Crippen LogP contribution in [0.1, 0.15) is 40.5 Å². The van der Waals surface area contributed by atoms with Crippen LogP contribution in [0.25, 0.3) is 0 Å². The maximum atomic E-state index is 6.11. The van der Waals surface area contributed by atoms with Crippen LogP contribution < -0.4 is 10.8 Å². The number of fused-ring (bicyclic) bond motifs is 1. The lowest BCUT2D eigenvalue weighted by molar-refractivity contribution is -0.383. The number of nitrogens with one attached hydrogen (secondary N) is 2. The molecular formula is C16H32N2O5. The second-order valence-electron chi connectivity index (χ2n) is 6.57. The summed E-state index contributed by atoms with van der Waals surface area (Å²) in [6.45, 7) is 10.5. The van der Waals surface area contributed by atoms with Gasteiger partial charge < -0.3 is 24.3 Å². The van der Waals surface area contributed by atoms with E-state index in [0.29, 0.717) is 6.61 Å². The quantitative estimate of drug-likeness (QED) is 0.647. The second kappa shape index (κ2) is 8.71. The van der Waals surface area contributed by atoms with E-state index in [0.717, 1.165) is 25.9 Å². The van der Waals surface area contributed by atoms with E-state index in [1.165, 1.54) is 0 Å². The predicted molar refractivity (Wildman–Crippen MR) is 85.8 cm³/mol. The van der Waals surface area contributed by atoms with Crippen LogP contribution in [0.4, 0.5) is 0 Å². The van der Waals surface area contributed by atoms with Gasteiger partial charge in [-0.2, -0.15) is 5.48 Å². The standard InChI is InChI=1S/C16H32N2O5/c1-6-17-9-7-8-10-20-14-13-12(11(2)21-15(14)19-5)18-23-16(3,4)22-13/h11-15,17-18H,6-10H2,1-5H3/t11-,12-,13+,14-,15+/m1/s1. The number of hydroxylamine groups is 1. The zero-order valence-electron chi connectivity index (χ0n) is 15.0. The fourth-order valence-corrected chi connectivity index (χ4v) is 2.98. The van der Waals surface area contributed by atoms with Gasteiger partial charge in [-0.05, 0) is 46.7 Å². The Labute approximate surface area is 139 Å². The van der Waals surface area contributed by atoms with Crippen molar-refractivity contribution in [2.75, 3.05) is 26.8 Å². The van der Waals surface area contributed by atoms with E-state index >= 15 is 0 Å². The van der Waals surface area contributed by atoms with Gasteiger partial charge in [-0.15, -0.1) is 0 Å². The SMILES string of the molecule is CCNCCCCO[C@H]1[C@@H](OC)O[C@H](C)[C@H]2NOC(C)(C)O[C@@H]21. The molecule has 0 aromatic rings. The summed E-state index contributed by atoms with van der Waals surface area (Å²) >= 11 is 0. The lowest BCUT2D eigenvalue weighted by Crippen LogP contribution is -2.69. The van der Waals surface area contributed by atoms with Crippen LogP contribution in [0.5, 0.6) is 0 Å². The fourth-order valence-electron chi connectivity index (χ4n) is 2.98. The molecule has 2 aliphatic rings. The highest BCUT2D eigenvalue weighted by molar-refractivity contribution is 4.95. The summed E-state index contributed by atoms with van der Waals surface area (Å²) < 4.78 is 23.6. The number of ether oxygens (including phenoxy) is 4. The molecule has 0 aromatic heterocycles. The number of hydrogen-bond donors (Lipinski definition) is 2. The largest absolute Gasteiger partial charge is 0.370 e. The molecule has 0 radical (unpaired) electrons. The summed E-state index contributed by atoms with van der Waals surface area (Å²) in [5.74, 6) is -0.705. The van der Waals surface area contributed by atoms with Gasteiger partial charge in [0.1, 0.15) is 12.2 Å². The van der Waals surface area contributed by atoms with Crippen LogP contribution in [0, 0.1) is 0 Å². The van der Waals surface area contributed by atoms with Crippen LogP contribution in [0.2, 0.25) is 0 Å². The Morgan fingerprint density at radius 1 is 1.26 bits per heavy atom. The number of hydrogen-bond acceptors (Lipinski definition) is 7. The van der Waals surface area contributed by atoms with Crippen LogP contribution in [-0.4, -0.2) is 63.2 Å². The first kappa shape index (κ1) is 19.1. The third-order valence-electron chi connectivity index (χ3n) is 4.20. The maximum absolute atomic E-state index is 6.11. The zero-order valence-corrected chi connectivity index (χ0v) is 15.0. The lowest BCUT2D eigenvalue weighted by atomic mass is 9.96. The smallest absolute Gasteiger partial charge is 0.186 e. The predicted octanol–water partition coefficient (Wildman–Crippen LogP) is 1.18. The molecule has 136 valence electrons. The maximum Gasteiger partial charge on any atom is 0.186 e. The van der Waals surface area contributed by atoms with Gasteiger partial charge in [0.05, 0.1) is 12.1 Å². The first-order chi connectivity index (χ1) is 11.0. The van der Waals surface area contributed by atoms with Crippen LogP contribution in [0.15, 0.2) is 0 Å². The van der Waals surface area contributed by atoms with Crippen LogP contribution in [0.3, 0.4) is 0 Å². The van der Waals surface area contributed by atoms with Crippen molar-refractivity contribution in [3.05, 3.63) is 0 Å². The molecule has 0 aromatic carbocycles. The van der Waals surface area contributed by atoms with Crippen LogP contribution in [-0.2, 0) is 23.8 Å². The molecule has 7 heteroatoms. The molecule has 2 heterocycles. The highest BCUT2D eigenvalue weighted by atomic mass is 16.8. The fraction of sp³-hybridized carbons (Fsp3) is 1.00. The summed E-state index contributed by atoms with van der Waals surface area (Å²) in [6.07, 6.45) is 1.08. The highest BCUT2D eigenvalue weighted by Crippen LogP contribution is 2.32. The van der Waals surface area contributed by atoms with Crippen LogP contribution >= 0.6 is 0 Å². The Hall–Kier alpha value is -0.280. The van der Waals surface area contributed by atoms with Gasteiger partial charge in [0.2, 0.25) is 0 Å². The van der Waals surface area contributed by atoms with E-state index in [1.807, 2.05) is 20.8 Å². The van der Waals surface area contributed by atoms with Crippen molar-refractivity contribution >= 4 is 0 Å². The molecule has 7 nitrogen and oxygen atoms in total. The van der Waals surface area contributed by atoms with Crippen molar-refractivity contribution in [3.8, 4) is 0 Å². The molecule has 0 saturated carbocycles. The first-order valence-electron chi connectivity index (χ1n) is 8.60. The van der Waals surface area contributed by atoms with Gasteiger partial charge in [0.15, 0.2) is 12.1 Å². The molecule has 2 aliphatic heterocycles. The van der Waals surface area contributed by atoms with Crippen molar-refractivity contribution in [2.24, 2.45) is 0 Å². The third-order valence-corrected chi connectivity index (χ3v) is 4.20. The summed E-state index contributed by atoms with van der Waals surface area (Å²) in [6, 6.07) is -0.0822. The molecule has 2 rings (SSSR count). The van der Waals surface area contributed by atoms with Crippen molar-refractivity contribution in [3.63, 3.8) is 0 Å². The van der Waals surface area contributed by atoms with E-state index in [-0.39, 0.29) is 24.4 Å². The van der Waals surface area contributed by atoms with E-state index < -0.39 is 12.1 Å². The summed E-state index contributed by atoms with van der Waals surface area (Å²) in [5.41, 5.74) is 3.06. The Balaban J connectivity index is 1.92. The lowest BCUT2D eigenvalue weighted by Gasteiger charge is -2.50. The molecule has 2 fully saturated rings. The van der Waals surface area contributed by atoms with Gasteiger partial charge in [-0.3, -0.25) is 4.84 Å². The Bertz CT molecular complexity index is 355. The van der Waals surface area contributed by atoms with E-state index in [4.69, 9.17) is 23.8 Å². The third kappa shape index (κ3) is 5.09. The number of methoxy groups -OCH3 is 1. The summed E-state index contributed by atoms with van der Waals surface area (Å²) in [4.78, 5) is 5.54. The summed E-state index contributed by atoms with van der Waals surface area (Å²) in [5, 5.41) is 3.31. The van der Waals surface area contributed by atoms with Gasteiger partial charge in [0, 0.05) is 13.7 Å². The van der Waals surface area contributed by atoms with Gasteiger partial charge >= 0.3 is 0 Å². The molecule has 0 bridgehead atoms. The van der Waals surface area contributed by atoms with E-state index in [1.54, 1.807) is 7.11 Å². The molecule has 0 amide bonds. The molecule has 0 unspecified atom stereocenters. The minimum Gasteiger partial charge on any atom is -0.370 e. The van der Waals surface area contributed by atoms with Crippen molar-refractivity contribution in [2.45, 2.75) is 77.0 Å². The molecule has 0 spiro atoms. The number of rotatable bonds is 8. The monoisotopic (exact) mass is 332 g/mol. The normalized spacial score (nSPS) is 36.7. The van der Waals surface area contributed by atoms with Gasteiger partial charge in [0.25, 0.3) is 0 Å². The highest BCUT2D eigenvalue weighted by Gasteiger charge is 2.51. The molecule has 0 aliphatic carbocycles. The number of unbranched alkanes of at least 4 members (excludes halogenated alkanes) is 1. The first-order valence-corrected chi connectivity index (χ1v) is 8.60. The Kier molecular flexibility index (Phi) is 7.21. The zero-order chi connectivity index (χ0) is 16.9.